The maximum atomic E-state index is 12.4. The molecule has 0 spiro atoms. The fraction of sp³-hybridized carbons (Fsp3) is 0.633. The summed E-state index contributed by atoms with van der Waals surface area (Å²) in [7, 11) is 0. The molecule has 13 heteroatoms. The van der Waals surface area contributed by atoms with Gasteiger partial charge in [-0.25, -0.2) is 19.2 Å². The van der Waals surface area contributed by atoms with Gasteiger partial charge in [-0.2, -0.15) is 0 Å². The molecule has 9 atom stereocenters. The number of benzene rings is 2. The Bertz CT molecular complexity index is 1930. The summed E-state index contributed by atoms with van der Waals surface area (Å²) < 4.78 is 10.5. The van der Waals surface area contributed by atoms with Gasteiger partial charge in [0.15, 0.2) is 24.7 Å². The average Bonchev–Trinajstić information content (AvgIpc) is 3.55. The van der Waals surface area contributed by atoms with Crippen molar-refractivity contribution in [3.8, 4) is 11.5 Å². The van der Waals surface area contributed by atoms with Crippen LogP contribution in [0.25, 0.3) is 5.57 Å². The summed E-state index contributed by atoms with van der Waals surface area (Å²) in [6, 6.07) is 5.56. The van der Waals surface area contributed by atoms with E-state index in [-0.39, 0.29) is 62.2 Å². The Kier molecular flexibility index (Phi) is 17.0. The molecule has 4 fully saturated rings. The smallest absolute Gasteiger partial charge is 0.479 e. The summed E-state index contributed by atoms with van der Waals surface area (Å²) in [5.41, 5.74) is 1.19. The van der Waals surface area contributed by atoms with E-state index in [1.54, 1.807) is 0 Å². The van der Waals surface area contributed by atoms with Crippen LogP contribution in [0.5, 0.6) is 11.5 Å². The monoisotopic (exact) mass is 905 g/mol. The number of allylic oxidation sites excluding steroid dienone is 1. The Morgan fingerprint density at radius 3 is 1.82 bits per heavy atom. The van der Waals surface area contributed by atoms with Crippen LogP contribution in [0.3, 0.4) is 0 Å². The first-order chi connectivity index (χ1) is 28.8. The number of aromatic carboxylic acids is 2. The van der Waals surface area contributed by atoms with Crippen molar-refractivity contribution < 1.29 is 78.6 Å². The second-order valence-electron chi connectivity index (χ2n) is 19.7. The largest absolute Gasteiger partial charge is 1.00 e. The molecule has 0 heterocycles. The van der Waals surface area contributed by atoms with Crippen LogP contribution in [0.1, 0.15) is 156 Å². The van der Waals surface area contributed by atoms with Crippen LogP contribution >= 0.6 is 23.2 Å². The average molecular weight is 907 g/mol. The van der Waals surface area contributed by atoms with Gasteiger partial charge in [0, 0.05) is 0 Å². The van der Waals surface area contributed by atoms with E-state index in [2.05, 4.69) is 34.6 Å². The number of carboxylic acids is 4. The van der Waals surface area contributed by atoms with Crippen LogP contribution in [0.2, 0.25) is 10.0 Å². The van der Waals surface area contributed by atoms with Gasteiger partial charge in [0.05, 0.1) is 10.0 Å². The predicted molar refractivity (Wildman–Crippen MR) is 236 cm³/mol. The van der Waals surface area contributed by atoms with Crippen molar-refractivity contribution in [1.29, 1.82) is 0 Å². The summed E-state index contributed by atoms with van der Waals surface area (Å²) in [5, 5.41) is 38.4. The van der Waals surface area contributed by atoms with Gasteiger partial charge >= 0.3 is 53.4 Å². The van der Waals surface area contributed by atoms with Crippen LogP contribution < -0.4 is 39.0 Å². The molecule has 0 radical (unpaired) electrons. The Labute approximate surface area is 398 Å². The number of carboxylic acid groups (broad SMARTS) is 4. The Morgan fingerprint density at radius 2 is 1.29 bits per heavy atom. The third-order valence-electron chi connectivity index (χ3n) is 15.7. The van der Waals surface area contributed by atoms with Crippen LogP contribution in [0.15, 0.2) is 30.3 Å². The van der Waals surface area contributed by atoms with E-state index in [4.69, 9.17) is 32.7 Å². The van der Waals surface area contributed by atoms with Crippen molar-refractivity contribution in [3.63, 3.8) is 0 Å². The van der Waals surface area contributed by atoms with Crippen LogP contribution in [0, 0.1) is 58.2 Å². The minimum atomic E-state index is -1.40. The minimum absolute atomic E-state index is 0. The second-order valence-corrected chi connectivity index (χ2v) is 20.5. The zero-order valence-corrected chi connectivity index (χ0v) is 40.8. The standard InChI is InChI=1S/C49H64Cl2O10.Na/c1-27(2)8-6-9-28(3)37-14-15-38-34-13-12-32-20-29(16-18-48(32,4)39(34)17-19-49(37,38)5)10-7-11-33(30-21-35(46(56)57)44(40(50)23-30)60-25-42(52)53)31-22-36(47(58)59)45(41(51)24-31)61-26-43(54)55;/h11,21-24,27-29,32,34,37-39H,6-10,12-20,25-26H2,1-5H3,(H,52,53)(H,54,55)(H,56,57)(H,58,59);/q;+1/t28?,29-,32-,34-,37+,38-,39-,48-,49+;/m0./s1. The van der Waals surface area contributed by atoms with Crippen molar-refractivity contribution in [2.24, 2.45) is 58.2 Å². The summed E-state index contributed by atoms with van der Waals surface area (Å²) in [4.78, 5) is 47.4. The van der Waals surface area contributed by atoms with E-state index in [9.17, 15) is 39.6 Å². The number of hydrogen-bond acceptors (Lipinski definition) is 6. The summed E-state index contributed by atoms with van der Waals surface area (Å²) in [5.74, 6) is -0.0237. The molecule has 4 N–H and O–H groups in total. The van der Waals surface area contributed by atoms with Crippen LogP contribution in [-0.2, 0) is 9.59 Å². The number of carbonyl (C=O) groups is 4. The van der Waals surface area contributed by atoms with Gasteiger partial charge in [-0.05, 0) is 170 Å². The van der Waals surface area contributed by atoms with Crippen molar-refractivity contribution in [3.05, 3.63) is 62.6 Å². The van der Waals surface area contributed by atoms with Crippen molar-refractivity contribution >= 4 is 52.7 Å². The molecule has 334 valence electrons. The molecule has 0 saturated heterocycles. The maximum Gasteiger partial charge on any atom is 1.00 e. The normalized spacial score (nSPS) is 28.1. The van der Waals surface area contributed by atoms with Gasteiger partial charge in [0.25, 0.3) is 0 Å². The Hall–Kier alpha value is -2.76. The third-order valence-corrected chi connectivity index (χ3v) is 16.3. The van der Waals surface area contributed by atoms with Gasteiger partial charge in [0.1, 0.15) is 11.1 Å². The number of rotatable bonds is 18. The molecule has 0 amide bonds. The number of ether oxygens (including phenoxy) is 2. The molecule has 62 heavy (non-hydrogen) atoms. The molecule has 4 saturated carbocycles. The number of aliphatic carboxylic acids is 2. The SMILES string of the molecule is CC(C)CCCC(C)[C@H]1CC[C@H]2[C@@H]3CC[C@H]4C[C@@H](CCC=C(c5cc(Cl)c(OCC(=O)O)c(C(=O)O)c5)c5cc(Cl)c(OCC(=O)O)c(C(=O)O)c5)CC[C@]4(C)[C@H]3CC[C@]12C.[Na+]. The zero-order chi connectivity index (χ0) is 44.4. The quantitative estimate of drug-likeness (QED) is 0.106. The van der Waals surface area contributed by atoms with E-state index in [1.165, 1.54) is 88.5 Å². The first-order valence-corrected chi connectivity index (χ1v) is 23.1. The first-order valence-electron chi connectivity index (χ1n) is 22.4. The number of fused-ring (bicyclic) bond motifs is 5. The molecule has 1 unspecified atom stereocenters. The van der Waals surface area contributed by atoms with Gasteiger partial charge in [0.2, 0.25) is 0 Å². The van der Waals surface area contributed by atoms with Crippen molar-refractivity contribution in [2.45, 2.75) is 125 Å². The molecular formula is C49H64Cl2NaO10+. The second kappa shape index (κ2) is 21.0. The minimum Gasteiger partial charge on any atom is -0.479 e. The van der Waals surface area contributed by atoms with Crippen LogP contribution in [0.4, 0.5) is 0 Å². The Morgan fingerprint density at radius 1 is 0.742 bits per heavy atom. The molecule has 4 aliphatic rings. The van der Waals surface area contributed by atoms with Crippen molar-refractivity contribution in [2.75, 3.05) is 13.2 Å². The van der Waals surface area contributed by atoms with Gasteiger partial charge in [-0.1, -0.05) is 83.2 Å². The Balaban J connectivity index is 0.00000726. The predicted octanol–water partition coefficient (Wildman–Crippen LogP) is 9.27. The molecule has 2 aromatic carbocycles. The van der Waals surface area contributed by atoms with Gasteiger partial charge in [-0.3, -0.25) is 0 Å². The van der Waals surface area contributed by atoms with Crippen molar-refractivity contribution in [1.82, 2.24) is 0 Å². The third kappa shape index (κ3) is 10.8. The fourth-order valence-electron chi connectivity index (χ4n) is 12.9. The summed E-state index contributed by atoms with van der Waals surface area (Å²) in [6.45, 7) is 10.9. The van der Waals surface area contributed by atoms with E-state index in [0.717, 1.165) is 54.8 Å². The summed E-state index contributed by atoms with van der Waals surface area (Å²) >= 11 is 13.1. The zero-order valence-electron chi connectivity index (χ0n) is 37.3. The molecule has 0 bridgehead atoms. The first kappa shape index (κ1) is 50.2. The molecule has 2 aromatic rings. The molecule has 0 aromatic heterocycles. The van der Waals surface area contributed by atoms with Crippen LogP contribution in [-0.4, -0.2) is 57.5 Å². The number of halogens is 2. The topological polar surface area (TPSA) is 168 Å². The molecule has 0 aliphatic heterocycles. The maximum absolute atomic E-state index is 12.4. The van der Waals surface area contributed by atoms with E-state index < -0.39 is 37.1 Å². The van der Waals surface area contributed by atoms with Gasteiger partial charge < -0.3 is 29.9 Å². The van der Waals surface area contributed by atoms with E-state index in [0.29, 0.717) is 45.8 Å². The molecule has 6 rings (SSSR count). The van der Waals surface area contributed by atoms with E-state index >= 15 is 0 Å². The molecule has 4 aliphatic carbocycles. The summed E-state index contributed by atoms with van der Waals surface area (Å²) in [6.07, 6.45) is 19.0. The molecule has 10 nitrogen and oxygen atoms in total. The fourth-order valence-corrected chi connectivity index (χ4v) is 13.4. The number of hydrogen-bond donors (Lipinski definition) is 4. The molecular weight excluding hydrogens is 842 g/mol. The van der Waals surface area contributed by atoms with E-state index in [1.807, 2.05) is 6.08 Å². The van der Waals surface area contributed by atoms with Gasteiger partial charge in [-0.15, -0.1) is 0 Å².